The van der Waals surface area contributed by atoms with E-state index in [1.54, 1.807) is 0 Å². The summed E-state index contributed by atoms with van der Waals surface area (Å²) in [7, 11) is 4.06. The van der Waals surface area contributed by atoms with Gasteiger partial charge in [-0.05, 0) is 24.6 Å². The molecule has 0 aliphatic heterocycles. The van der Waals surface area contributed by atoms with Crippen molar-refractivity contribution in [2.45, 2.75) is 19.5 Å². The van der Waals surface area contributed by atoms with E-state index in [2.05, 4.69) is 34.5 Å². The van der Waals surface area contributed by atoms with Crippen LogP contribution < -0.4 is 10.2 Å². The second-order valence-electron chi connectivity index (χ2n) is 4.03. The molecule has 0 aliphatic carbocycles. The average Bonchev–Trinajstić information content (AvgIpc) is 2.26. The number of anilines is 1. The molecule has 0 unspecified atom stereocenters. The van der Waals surface area contributed by atoms with Crippen LogP contribution in [-0.2, 0) is 6.54 Å². The van der Waals surface area contributed by atoms with Gasteiger partial charge in [-0.25, -0.2) is 0 Å². The highest BCUT2D eigenvalue weighted by atomic mass is 16.3. The Morgan fingerprint density at radius 1 is 1.27 bits per heavy atom. The zero-order valence-electron chi connectivity index (χ0n) is 9.70. The SMILES string of the molecule is C[C@@H](CO)NCc1ccc(N(C)C)cc1. The van der Waals surface area contributed by atoms with Gasteiger partial charge in [-0.2, -0.15) is 0 Å². The first-order valence-electron chi connectivity index (χ1n) is 5.24. The van der Waals surface area contributed by atoms with E-state index in [0.29, 0.717) is 0 Å². The summed E-state index contributed by atoms with van der Waals surface area (Å²) in [6.07, 6.45) is 0. The van der Waals surface area contributed by atoms with E-state index in [4.69, 9.17) is 5.11 Å². The van der Waals surface area contributed by atoms with Crippen LogP contribution >= 0.6 is 0 Å². The molecule has 3 heteroatoms. The minimum atomic E-state index is 0.151. The number of aliphatic hydroxyl groups excluding tert-OH is 1. The summed E-state index contributed by atoms with van der Waals surface area (Å²) in [5, 5.41) is 12.1. The van der Waals surface area contributed by atoms with Crippen LogP contribution in [0.2, 0.25) is 0 Å². The molecule has 0 radical (unpaired) electrons. The van der Waals surface area contributed by atoms with Crippen molar-refractivity contribution in [1.82, 2.24) is 5.32 Å². The Hall–Kier alpha value is -1.06. The Morgan fingerprint density at radius 3 is 2.33 bits per heavy atom. The maximum atomic E-state index is 8.86. The first kappa shape index (κ1) is 12.0. The molecule has 1 atom stereocenters. The lowest BCUT2D eigenvalue weighted by Gasteiger charge is -2.14. The Balaban J connectivity index is 2.50. The summed E-state index contributed by atoms with van der Waals surface area (Å²) in [6, 6.07) is 8.55. The molecule has 0 spiro atoms. The molecule has 84 valence electrons. The quantitative estimate of drug-likeness (QED) is 0.764. The lowest BCUT2D eigenvalue weighted by Crippen LogP contribution is -2.28. The summed E-state index contributed by atoms with van der Waals surface area (Å²) >= 11 is 0. The summed E-state index contributed by atoms with van der Waals surface area (Å²) in [5.74, 6) is 0. The van der Waals surface area contributed by atoms with Gasteiger partial charge >= 0.3 is 0 Å². The number of benzene rings is 1. The second-order valence-corrected chi connectivity index (χ2v) is 4.03. The molecule has 0 amide bonds. The molecule has 3 nitrogen and oxygen atoms in total. The van der Waals surface area contributed by atoms with Crippen molar-refractivity contribution in [3.63, 3.8) is 0 Å². The van der Waals surface area contributed by atoms with Crippen molar-refractivity contribution in [2.24, 2.45) is 0 Å². The molecule has 0 saturated heterocycles. The fourth-order valence-corrected chi connectivity index (χ4v) is 1.27. The van der Waals surface area contributed by atoms with Crippen molar-refractivity contribution < 1.29 is 5.11 Å². The predicted molar refractivity (Wildman–Crippen MR) is 64.2 cm³/mol. The van der Waals surface area contributed by atoms with Gasteiger partial charge in [0.15, 0.2) is 0 Å². The highest BCUT2D eigenvalue weighted by Crippen LogP contribution is 2.11. The lowest BCUT2D eigenvalue weighted by molar-refractivity contribution is 0.251. The number of nitrogens with zero attached hydrogens (tertiary/aromatic N) is 1. The summed E-state index contributed by atoms with van der Waals surface area (Å²) in [6.45, 7) is 2.94. The molecule has 2 N–H and O–H groups in total. The average molecular weight is 208 g/mol. The smallest absolute Gasteiger partial charge is 0.0582 e. The second kappa shape index (κ2) is 5.73. The zero-order chi connectivity index (χ0) is 11.3. The Morgan fingerprint density at radius 2 is 1.87 bits per heavy atom. The van der Waals surface area contributed by atoms with Crippen molar-refractivity contribution in [3.8, 4) is 0 Å². The maximum absolute atomic E-state index is 8.86. The molecule has 0 heterocycles. The predicted octanol–water partition coefficient (Wildman–Crippen LogP) is 1.22. The van der Waals surface area contributed by atoms with Gasteiger partial charge in [0.1, 0.15) is 0 Å². The van der Waals surface area contributed by atoms with E-state index in [0.717, 1.165) is 6.54 Å². The first-order valence-corrected chi connectivity index (χ1v) is 5.24. The van der Waals surface area contributed by atoms with Crippen LogP contribution in [0.5, 0.6) is 0 Å². The van der Waals surface area contributed by atoms with E-state index in [1.165, 1.54) is 11.3 Å². The first-order chi connectivity index (χ1) is 7.13. The molecule has 0 aromatic heterocycles. The highest BCUT2D eigenvalue weighted by molar-refractivity contribution is 5.45. The zero-order valence-corrected chi connectivity index (χ0v) is 9.70. The standard InChI is InChI=1S/C12H20N2O/c1-10(9-15)13-8-11-4-6-12(7-5-11)14(2)3/h4-7,10,13,15H,8-9H2,1-3H3/t10-/m0/s1. The van der Waals surface area contributed by atoms with Gasteiger partial charge in [0.2, 0.25) is 0 Å². The van der Waals surface area contributed by atoms with Crippen molar-refractivity contribution in [3.05, 3.63) is 29.8 Å². The largest absolute Gasteiger partial charge is 0.395 e. The van der Waals surface area contributed by atoms with Gasteiger partial charge in [-0.1, -0.05) is 12.1 Å². The molecule has 1 rings (SSSR count). The molecule has 15 heavy (non-hydrogen) atoms. The Kier molecular flexibility index (Phi) is 4.59. The Bertz CT molecular complexity index is 282. The minimum Gasteiger partial charge on any atom is -0.395 e. The van der Waals surface area contributed by atoms with Crippen LogP contribution in [0.1, 0.15) is 12.5 Å². The molecule has 0 fully saturated rings. The van der Waals surface area contributed by atoms with E-state index in [-0.39, 0.29) is 12.6 Å². The van der Waals surface area contributed by atoms with Crippen molar-refractivity contribution in [1.29, 1.82) is 0 Å². The van der Waals surface area contributed by atoms with E-state index < -0.39 is 0 Å². The highest BCUT2D eigenvalue weighted by Gasteiger charge is 1.99. The fraction of sp³-hybridized carbons (Fsp3) is 0.500. The van der Waals surface area contributed by atoms with Gasteiger partial charge in [0.25, 0.3) is 0 Å². The molecule has 0 bridgehead atoms. The molecule has 1 aromatic carbocycles. The summed E-state index contributed by atoms with van der Waals surface area (Å²) < 4.78 is 0. The van der Waals surface area contributed by atoms with Crippen LogP contribution in [0.25, 0.3) is 0 Å². The number of hydrogen-bond acceptors (Lipinski definition) is 3. The van der Waals surface area contributed by atoms with Crippen LogP contribution in [0.15, 0.2) is 24.3 Å². The van der Waals surface area contributed by atoms with Crippen LogP contribution in [0, 0.1) is 0 Å². The fourth-order valence-electron chi connectivity index (χ4n) is 1.27. The van der Waals surface area contributed by atoms with Gasteiger partial charge in [0, 0.05) is 32.4 Å². The van der Waals surface area contributed by atoms with E-state index in [1.807, 2.05) is 21.0 Å². The molecular weight excluding hydrogens is 188 g/mol. The molecule has 0 saturated carbocycles. The Labute approximate surface area is 91.7 Å². The maximum Gasteiger partial charge on any atom is 0.0582 e. The monoisotopic (exact) mass is 208 g/mol. The van der Waals surface area contributed by atoms with Crippen LogP contribution in [0.4, 0.5) is 5.69 Å². The third-order valence-electron chi connectivity index (χ3n) is 2.38. The minimum absolute atomic E-state index is 0.151. The third kappa shape index (κ3) is 3.90. The van der Waals surface area contributed by atoms with Crippen molar-refractivity contribution >= 4 is 5.69 Å². The van der Waals surface area contributed by atoms with Gasteiger partial charge in [0.05, 0.1) is 6.61 Å². The van der Waals surface area contributed by atoms with Gasteiger partial charge in [-0.15, -0.1) is 0 Å². The third-order valence-corrected chi connectivity index (χ3v) is 2.38. The normalized spacial score (nSPS) is 12.5. The molecule has 0 aliphatic rings. The van der Waals surface area contributed by atoms with Crippen LogP contribution in [0.3, 0.4) is 0 Å². The molecular formula is C12H20N2O. The van der Waals surface area contributed by atoms with Gasteiger partial charge in [-0.3, -0.25) is 0 Å². The van der Waals surface area contributed by atoms with E-state index >= 15 is 0 Å². The topological polar surface area (TPSA) is 35.5 Å². The summed E-state index contributed by atoms with van der Waals surface area (Å²) in [4.78, 5) is 2.08. The molecule has 1 aromatic rings. The van der Waals surface area contributed by atoms with E-state index in [9.17, 15) is 0 Å². The number of aliphatic hydroxyl groups is 1. The summed E-state index contributed by atoms with van der Waals surface area (Å²) in [5.41, 5.74) is 2.44. The number of hydrogen-bond donors (Lipinski definition) is 2. The van der Waals surface area contributed by atoms with Crippen LogP contribution in [-0.4, -0.2) is 31.9 Å². The van der Waals surface area contributed by atoms with Gasteiger partial charge < -0.3 is 15.3 Å². The number of rotatable bonds is 5. The van der Waals surface area contributed by atoms with Crippen molar-refractivity contribution in [2.75, 3.05) is 25.6 Å². The lowest BCUT2D eigenvalue weighted by atomic mass is 10.2. The number of nitrogens with one attached hydrogen (secondary N) is 1.